The summed E-state index contributed by atoms with van der Waals surface area (Å²) in [6.07, 6.45) is 2.26. The van der Waals surface area contributed by atoms with Crippen molar-refractivity contribution in [3.8, 4) is 0 Å². The minimum Gasteiger partial charge on any atom is -0.340 e. The Balaban J connectivity index is 2.56. The lowest BCUT2D eigenvalue weighted by Gasteiger charge is -2.37. The molecule has 94 valence electrons. The zero-order valence-corrected chi connectivity index (χ0v) is 10.9. The zero-order valence-electron chi connectivity index (χ0n) is 10.9. The first-order chi connectivity index (χ1) is 7.43. The predicted molar refractivity (Wildman–Crippen MR) is 66.1 cm³/mol. The third kappa shape index (κ3) is 3.19. The van der Waals surface area contributed by atoms with Crippen LogP contribution in [0.2, 0.25) is 0 Å². The average molecular weight is 227 g/mol. The van der Waals surface area contributed by atoms with Gasteiger partial charge in [-0.05, 0) is 32.9 Å². The number of likely N-dealkylation sites (N-methyl/N-ethyl adjacent to an activating group) is 1. The zero-order chi connectivity index (χ0) is 12.3. The number of nitrogens with two attached hydrogens (primary N) is 1. The fourth-order valence-electron chi connectivity index (χ4n) is 2.07. The fourth-order valence-corrected chi connectivity index (χ4v) is 2.07. The summed E-state index contributed by atoms with van der Waals surface area (Å²) in [5.41, 5.74) is 5.91. The summed E-state index contributed by atoms with van der Waals surface area (Å²) in [5, 5.41) is 0. The molecule has 1 aliphatic rings. The van der Waals surface area contributed by atoms with Gasteiger partial charge in [0.1, 0.15) is 0 Å². The first kappa shape index (κ1) is 13.5. The molecule has 0 saturated carbocycles. The van der Waals surface area contributed by atoms with Crippen molar-refractivity contribution in [2.75, 3.05) is 27.2 Å². The Hall–Kier alpha value is -0.610. The molecule has 1 saturated heterocycles. The maximum Gasteiger partial charge on any atom is 0.239 e. The van der Waals surface area contributed by atoms with Crippen LogP contribution in [0.3, 0.4) is 0 Å². The van der Waals surface area contributed by atoms with E-state index in [1.807, 2.05) is 18.7 Å². The van der Waals surface area contributed by atoms with Gasteiger partial charge in [0.15, 0.2) is 0 Å². The summed E-state index contributed by atoms with van der Waals surface area (Å²) >= 11 is 0. The van der Waals surface area contributed by atoms with Gasteiger partial charge in [-0.3, -0.25) is 4.79 Å². The number of likely N-dealkylation sites (tertiary alicyclic amines) is 1. The molecule has 16 heavy (non-hydrogen) atoms. The van der Waals surface area contributed by atoms with E-state index in [4.69, 9.17) is 5.73 Å². The van der Waals surface area contributed by atoms with E-state index in [1.54, 1.807) is 0 Å². The van der Waals surface area contributed by atoms with E-state index < -0.39 is 0 Å². The van der Waals surface area contributed by atoms with Crippen molar-refractivity contribution in [2.24, 2.45) is 11.7 Å². The minimum atomic E-state index is -0.346. The number of carbonyl (C=O) groups is 1. The second-order valence-electron chi connectivity index (χ2n) is 5.31. The van der Waals surface area contributed by atoms with Crippen LogP contribution in [0.1, 0.15) is 26.7 Å². The van der Waals surface area contributed by atoms with Crippen molar-refractivity contribution >= 4 is 5.91 Å². The number of hydrogen-bond donors (Lipinski definition) is 1. The van der Waals surface area contributed by atoms with Gasteiger partial charge in [-0.25, -0.2) is 0 Å². The summed E-state index contributed by atoms with van der Waals surface area (Å²) in [6.45, 7) is 5.68. The summed E-state index contributed by atoms with van der Waals surface area (Å²) in [6, 6.07) is 0.137. The molecule has 0 spiro atoms. The topological polar surface area (TPSA) is 49.6 Å². The highest BCUT2D eigenvalue weighted by Gasteiger charge is 2.28. The van der Waals surface area contributed by atoms with Gasteiger partial charge in [-0.2, -0.15) is 0 Å². The SMILES string of the molecule is CC(C)[C@@H](N)C(=O)N1CCCC(N(C)C)C1. The molecule has 0 aromatic carbocycles. The number of carbonyl (C=O) groups excluding carboxylic acids is 1. The summed E-state index contributed by atoms with van der Waals surface area (Å²) in [4.78, 5) is 16.2. The minimum absolute atomic E-state index is 0.113. The van der Waals surface area contributed by atoms with E-state index in [0.717, 1.165) is 19.5 Å². The van der Waals surface area contributed by atoms with E-state index in [0.29, 0.717) is 6.04 Å². The second kappa shape index (κ2) is 5.64. The molecule has 1 heterocycles. The van der Waals surface area contributed by atoms with Crippen molar-refractivity contribution in [1.82, 2.24) is 9.80 Å². The highest BCUT2D eigenvalue weighted by Crippen LogP contribution is 2.15. The largest absolute Gasteiger partial charge is 0.340 e. The van der Waals surface area contributed by atoms with Crippen LogP contribution in [0.25, 0.3) is 0 Å². The van der Waals surface area contributed by atoms with Crippen molar-refractivity contribution in [2.45, 2.75) is 38.8 Å². The summed E-state index contributed by atoms with van der Waals surface area (Å²) in [7, 11) is 4.14. The maximum atomic E-state index is 12.1. The molecule has 0 aliphatic carbocycles. The molecule has 1 aliphatic heterocycles. The van der Waals surface area contributed by atoms with Crippen LogP contribution in [0, 0.1) is 5.92 Å². The molecule has 2 N–H and O–H groups in total. The van der Waals surface area contributed by atoms with Crippen molar-refractivity contribution in [1.29, 1.82) is 0 Å². The Kier molecular flexibility index (Phi) is 4.74. The van der Waals surface area contributed by atoms with Crippen molar-refractivity contribution in [3.05, 3.63) is 0 Å². The van der Waals surface area contributed by atoms with E-state index >= 15 is 0 Å². The third-order valence-corrected chi connectivity index (χ3v) is 3.44. The summed E-state index contributed by atoms with van der Waals surface area (Å²) in [5.74, 6) is 0.328. The van der Waals surface area contributed by atoms with Gasteiger partial charge in [0, 0.05) is 19.1 Å². The van der Waals surface area contributed by atoms with Gasteiger partial charge in [-0.15, -0.1) is 0 Å². The highest BCUT2D eigenvalue weighted by molar-refractivity contribution is 5.82. The molecule has 1 unspecified atom stereocenters. The van der Waals surface area contributed by atoms with E-state index in [9.17, 15) is 4.79 Å². The highest BCUT2D eigenvalue weighted by atomic mass is 16.2. The van der Waals surface area contributed by atoms with Crippen molar-refractivity contribution < 1.29 is 4.79 Å². The number of nitrogens with zero attached hydrogens (tertiary/aromatic N) is 2. The molecule has 2 atom stereocenters. The molecular formula is C12H25N3O. The fraction of sp³-hybridized carbons (Fsp3) is 0.917. The van der Waals surface area contributed by atoms with Gasteiger partial charge in [0.2, 0.25) is 5.91 Å². The number of piperidine rings is 1. The van der Waals surface area contributed by atoms with Gasteiger partial charge in [0.05, 0.1) is 6.04 Å². The first-order valence-electron chi connectivity index (χ1n) is 6.14. The van der Waals surface area contributed by atoms with E-state index in [1.165, 1.54) is 6.42 Å². The van der Waals surface area contributed by atoms with Gasteiger partial charge in [0.25, 0.3) is 0 Å². The second-order valence-corrected chi connectivity index (χ2v) is 5.31. The monoisotopic (exact) mass is 227 g/mol. The molecule has 4 heteroatoms. The van der Waals surface area contributed by atoms with Crippen LogP contribution in [-0.4, -0.2) is 55.0 Å². The number of amides is 1. The molecule has 0 radical (unpaired) electrons. The Labute approximate surface area is 98.8 Å². The number of rotatable bonds is 3. The molecule has 4 nitrogen and oxygen atoms in total. The normalized spacial score (nSPS) is 23.9. The standard InChI is InChI=1S/C12H25N3O/c1-9(2)11(13)12(16)15-7-5-6-10(8-15)14(3)4/h9-11H,5-8,13H2,1-4H3/t10?,11-/m1/s1. The molecule has 0 bridgehead atoms. The van der Waals surface area contributed by atoms with Crippen molar-refractivity contribution in [3.63, 3.8) is 0 Å². The van der Waals surface area contributed by atoms with E-state index in [-0.39, 0.29) is 17.9 Å². The van der Waals surface area contributed by atoms with E-state index in [2.05, 4.69) is 19.0 Å². The smallest absolute Gasteiger partial charge is 0.239 e. The lowest BCUT2D eigenvalue weighted by Crippen LogP contribution is -2.53. The Morgan fingerprint density at radius 2 is 2.06 bits per heavy atom. The lowest BCUT2D eigenvalue weighted by molar-refractivity contribution is -0.135. The van der Waals surface area contributed by atoms with Crippen LogP contribution in [0.15, 0.2) is 0 Å². The molecule has 0 aromatic heterocycles. The Morgan fingerprint density at radius 1 is 1.44 bits per heavy atom. The van der Waals surface area contributed by atoms with Crippen LogP contribution in [0.4, 0.5) is 0 Å². The van der Waals surface area contributed by atoms with Gasteiger partial charge in [-0.1, -0.05) is 13.8 Å². The van der Waals surface area contributed by atoms with Crippen LogP contribution in [-0.2, 0) is 4.79 Å². The lowest BCUT2D eigenvalue weighted by atomic mass is 10.00. The molecule has 0 aromatic rings. The average Bonchev–Trinajstić information content (AvgIpc) is 2.27. The third-order valence-electron chi connectivity index (χ3n) is 3.44. The molecular weight excluding hydrogens is 202 g/mol. The van der Waals surface area contributed by atoms with Gasteiger partial charge < -0.3 is 15.5 Å². The molecule has 1 amide bonds. The summed E-state index contributed by atoms with van der Waals surface area (Å²) < 4.78 is 0. The van der Waals surface area contributed by atoms with Crippen LogP contribution in [0.5, 0.6) is 0 Å². The quantitative estimate of drug-likeness (QED) is 0.765. The Bertz CT molecular complexity index is 240. The van der Waals surface area contributed by atoms with Crippen LogP contribution >= 0.6 is 0 Å². The predicted octanol–water partition coefficient (Wildman–Crippen LogP) is 0.522. The van der Waals surface area contributed by atoms with Crippen LogP contribution < -0.4 is 5.73 Å². The molecule has 1 rings (SSSR count). The Morgan fingerprint density at radius 3 is 2.56 bits per heavy atom. The maximum absolute atomic E-state index is 12.1. The number of hydrogen-bond acceptors (Lipinski definition) is 3. The van der Waals surface area contributed by atoms with Gasteiger partial charge >= 0.3 is 0 Å². The first-order valence-corrected chi connectivity index (χ1v) is 6.14. The molecule has 1 fully saturated rings.